The summed E-state index contributed by atoms with van der Waals surface area (Å²) in [7, 11) is 3.71. The maximum absolute atomic E-state index is 13.6. The third-order valence-corrected chi connectivity index (χ3v) is 5.38. The van der Waals surface area contributed by atoms with Crippen molar-refractivity contribution in [3.05, 3.63) is 65.0 Å². The second-order valence-corrected chi connectivity index (χ2v) is 7.45. The Labute approximate surface area is 152 Å². The lowest BCUT2D eigenvalue weighted by Crippen LogP contribution is -2.43. The normalized spacial score (nSPS) is 15.2. The summed E-state index contributed by atoms with van der Waals surface area (Å²) in [5, 5.41) is 0. The van der Waals surface area contributed by atoms with E-state index in [9.17, 15) is 9.18 Å². The maximum Gasteiger partial charge on any atom is 0.244 e. The van der Waals surface area contributed by atoms with E-state index in [1.165, 1.54) is 28.2 Å². The number of thioether (sulfide) groups is 1. The van der Waals surface area contributed by atoms with Gasteiger partial charge in [-0.15, -0.1) is 11.8 Å². The number of hydrogen-bond donors (Lipinski definition) is 0. The maximum atomic E-state index is 13.6. The molecule has 5 heteroatoms. The zero-order valence-corrected chi connectivity index (χ0v) is 15.6. The molecule has 0 saturated heterocycles. The highest BCUT2D eigenvalue weighted by Crippen LogP contribution is 2.28. The molecule has 0 bridgehead atoms. The number of amides is 1. The van der Waals surface area contributed by atoms with Crippen molar-refractivity contribution in [1.29, 1.82) is 0 Å². The number of likely N-dealkylation sites (N-methyl/N-ethyl adjacent to an activating group) is 1. The second-order valence-electron chi connectivity index (χ2n) is 6.57. The van der Waals surface area contributed by atoms with Crippen LogP contribution in [0.15, 0.2) is 47.4 Å². The predicted molar refractivity (Wildman–Crippen MR) is 100 cm³/mol. The largest absolute Gasteiger partial charge is 0.336 e. The molecular formula is C20H23FN2OS. The van der Waals surface area contributed by atoms with Gasteiger partial charge in [-0.25, -0.2) is 4.39 Å². The molecule has 0 fully saturated rings. The lowest BCUT2D eigenvalue weighted by atomic mass is 9.97. The minimum Gasteiger partial charge on any atom is -0.336 e. The van der Waals surface area contributed by atoms with Gasteiger partial charge in [0, 0.05) is 18.0 Å². The molecule has 1 amide bonds. The molecule has 0 saturated carbocycles. The number of nitrogens with zero attached hydrogens (tertiary/aromatic N) is 2. The summed E-state index contributed by atoms with van der Waals surface area (Å²) in [4.78, 5) is 18.1. The van der Waals surface area contributed by atoms with Crippen LogP contribution in [0.1, 0.15) is 22.7 Å². The number of hydrogen-bond acceptors (Lipinski definition) is 3. The van der Waals surface area contributed by atoms with E-state index in [1.807, 2.05) is 30.0 Å². The molecule has 1 atom stereocenters. The van der Waals surface area contributed by atoms with Gasteiger partial charge in [0.25, 0.3) is 0 Å². The fourth-order valence-corrected chi connectivity index (χ4v) is 3.82. The average Bonchev–Trinajstić information content (AvgIpc) is 2.60. The summed E-state index contributed by atoms with van der Waals surface area (Å²) in [6.45, 7) is 1.31. The van der Waals surface area contributed by atoms with Crippen molar-refractivity contribution in [3.8, 4) is 0 Å². The number of carbonyl (C=O) groups is 1. The van der Waals surface area contributed by atoms with Gasteiger partial charge in [0.15, 0.2) is 0 Å². The zero-order chi connectivity index (χ0) is 18.0. The van der Waals surface area contributed by atoms with Gasteiger partial charge in [0.1, 0.15) is 11.9 Å². The van der Waals surface area contributed by atoms with Gasteiger partial charge in [0.2, 0.25) is 5.91 Å². The van der Waals surface area contributed by atoms with Crippen LogP contribution in [0.4, 0.5) is 4.39 Å². The lowest BCUT2D eigenvalue weighted by Gasteiger charge is -2.34. The van der Waals surface area contributed by atoms with Crippen LogP contribution in [-0.4, -0.2) is 42.6 Å². The third-order valence-electron chi connectivity index (χ3n) is 4.65. The fraction of sp³-hybridized carbons (Fsp3) is 0.350. The molecule has 1 aliphatic rings. The Bertz CT molecular complexity index is 778. The smallest absolute Gasteiger partial charge is 0.244 e. The number of fused-ring (bicyclic) bond motifs is 1. The van der Waals surface area contributed by atoms with E-state index in [1.54, 1.807) is 17.8 Å². The number of carbonyl (C=O) groups excluding carboxylic acids is 1. The van der Waals surface area contributed by atoms with E-state index >= 15 is 0 Å². The van der Waals surface area contributed by atoms with E-state index in [-0.39, 0.29) is 11.7 Å². The number of benzene rings is 2. The number of rotatable bonds is 4. The van der Waals surface area contributed by atoms with Crippen LogP contribution in [-0.2, 0) is 17.8 Å². The molecule has 0 spiro atoms. The molecule has 2 aromatic carbocycles. The molecule has 0 N–H and O–H groups in total. The first-order chi connectivity index (χ1) is 12.0. The Kier molecular flexibility index (Phi) is 5.45. The molecule has 3 nitrogen and oxygen atoms in total. The van der Waals surface area contributed by atoms with Crippen LogP contribution < -0.4 is 0 Å². The monoisotopic (exact) mass is 358 g/mol. The fourth-order valence-electron chi connectivity index (χ4n) is 3.36. The molecular weight excluding hydrogens is 335 g/mol. The minimum atomic E-state index is -0.470. The first-order valence-corrected chi connectivity index (χ1v) is 9.58. The quantitative estimate of drug-likeness (QED) is 0.778. The van der Waals surface area contributed by atoms with Crippen molar-refractivity contribution < 1.29 is 9.18 Å². The Morgan fingerprint density at radius 3 is 2.68 bits per heavy atom. The van der Waals surface area contributed by atoms with Gasteiger partial charge in [0.05, 0.1) is 0 Å². The average molecular weight is 358 g/mol. The van der Waals surface area contributed by atoms with E-state index in [0.717, 1.165) is 6.42 Å². The Balaban J connectivity index is 1.83. The molecule has 2 aromatic rings. The van der Waals surface area contributed by atoms with Gasteiger partial charge >= 0.3 is 0 Å². The SMILES string of the molecule is CSc1ccc2c(c1)CCN(C(=O)[C@H](c1cccc(F)c1)N(C)C)C2. The Hall–Kier alpha value is -1.85. The van der Waals surface area contributed by atoms with E-state index in [4.69, 9.17) is 0 Å². The second kappa shape index (κ2) is 7.58. The van der Waals surface area contributed by atoms with Gasteiger partial charge in [-0.2, -0.15) is 0 Å². The molecule has 0 unspecified atom stereocenters. The molecule has 0 aliphatic carbocycles. The van der Waals surface area contributed by atoms with Crippen molar-refractivity contribution in [2.75, 3.05) is 26.9 Å². The van der Waals surface area contributed by atoms with Crippen LogP contribution in [0.2, 0.25) is 0 Å². The highest BCUT2D eigenvalue weighted by Gasteiger charge is 2.30. The van der Waals surface area contributed by atoms with Crippen molar-refractivity contribution in [2.45, 2.75) is 23.9 Å². The molecule has 1 heterocycles. The molecule has 3 rings (SSSR count). The van der Waals surface area contributed by atoms with Crippen molar-refractivity contribution in [3.63, 3.8) is 0 Å². The lowest BCUT2D eigenvalue weighted by molar-refractivity contribution is -0.137. The third kappa shape index (κ3) is 3.88. The topological polar surface area (TPSA) is 23.6 Å². The van der Waals surface area contributed by atoms with Gasteiger partial charge in [-0.3, -0.25) is 9.69 Å². The van der Waals surface area contributed by atoms with Crippen molar-refractivity contribution in [1.82, 2.24) is 9.80 Å². The minimum absolute atomic E-state index is 0.0233. The predicted octanol–water partition coefficient (Wildman–Crippen LogP) is 3.74. The Morgan fingerprint density at radius 1 is 1.20 bits per heavy atom. The summed E-state index contributed by atoms with van der Waals surface area (Å²) in [5.74, 6) is -0.291. The molecule has 25 heavy (non-hydrogen) atoms. The van der Waals surface area contributed by atoms with Gasteiger partial charge in [-0.1, -0.05) is 18.2 Å². The highest BCUT2D eigenvalue weighted by atomic mass is 32.2. The van der Waals surface area contributed by atoms with Gasteiger partial charge < -0.3 is 4.90 Å². The van der Waals surface area contributed by atoms with Gasteiger partial charge in [-0.05, 0) is 67.7 Å². The molecule has 0 radical (unpaired) electrons. The standard InChI is InChI=1S/C20H23FN2OS/c1-22(2)19(15-5-4-6-17(21)11-15)20(24)23-10-9-14-12-18(25-3)8-7-16(14)13-23/h4-8,11-12,19H,9-10,13H2,1-3H3/t19-/m0/s1. The summed E-state index contributed by atoms with van der Waals surface area (Å²) in [6, 6.07) is 12.3. The van der Waals surface area contributed by atoms with Crippen LogP contribution in [0.3, 0.4) is 0 Å². The van der Waals surface area contributed by atoms with Crippen LogP contribution in [0.5, 0.6) is 0 Å². The van der Waals surface area contributed by atoms with E-state index in [0.29, 0.717) is 18.7 Å². The first kappa shape index (κ1) is 18.0. The summed E-state index contributed by atoms with van der Waals surface area (Å²) in [6.07, 6.45) is 2.93. The highest BCUT2D eigenvalue weighted by molar-refractivity contribution is 7.98. The van der Waals surface area contributed by atoms with E-state index < -0.39 is 6.04 Å². The van der Waals surface area contributed by atoms with E-state index in [2.05, 4.69) is 24.5 Å². The molecule has 132 valence electrons. The zero-order valence-electron chi connectivity index (χ0n) is 14.8. The number of halogens is 1. The van der Waals surface area contributed by atoms with Crippen LogP contribution >= 0.6 is 11.8 Å². The first-order valence-electron chi connectivity index (χ1n) is 8.36. The van der Waals surface area contributed by atoms with Crippen molar-refractivity contribution in [2.24, 2.45) is 0 Å². The van der Waals surface area contributed by atoms with Crippen molar-refractivity contribution >= 4 is 17.7 Å². The van der Waals surface area contributed by atoms with Crippen LogP contribution in [0.25, 0.3) is 0 Å². The summed E-state index contributed by atoms with van der Waals surface area (Å²) >= 11 is 1.73. The summed E-state index contributed by atoms with van der Waals surface area (Å²) in [5.41, 5.74) is 3.22. The Morgan fingerprint density at radius 2 is 2.00 bits per heavy atom. The molecule has 0 aromatic heterocycles. The summed E-state index contributed by atoms with van der Waals surface area (Å²) < 4.78 is 13.6. The van der Waals surface area contributed by atoms with Crippen LogP contribution in [0, 0.1) is 5.82 Å². The molecule has 1 aliphatic heterocycles.